The van der Waals surface area contributed by atoms with Crippen LogP contribution in [-0.4, -0.2) is 40.9 Å². The number of thiocarbonyl (C=S) groups is 1. The van der Waals surface area contributed by atoms with Gasteiger partial charge in [0.2, 0.25) is 0 Å². The van der Waals surface area contributed by atoms with E-state index in [0.29, 0.717) is 18.3 Å². The first-order valence-electron chi connectivity index (χ1n) is 9.44. The Labute approximate surface area is 171 Å². The van der Waals surface area contributed by atoms with Crippen molar-refractivity contribution in [1.82, 2.24) is 9.47 Å². The SMILES string of the molecule is Cn1cccc1P(=NC(=S)N1CCOCC1)(c1ccccc1)c1ccccc1. The molecule has 0 atom stereocenters. The largest absolute Gasteiger partial charge is 0.378 e. The third-order valence-corrected chi connectivity index (χ3v) is 9.22. The van der Waals surface area contributed by atoms with Gasteiger partial charge in [-0.2, -0.15) is 0 Å². The Hall–Kier alpha value is -2.20. The van der Waals surface area contributed by atoms with Crippen molar-refractivity contribution in [3.8, 4) is 0 Å². The summed E-state index contributed by atoms with van der Waals surface area (Å²) >= 11 is 5.86. The first kappa shape index (κ1) is 19.1. The molecule has 1 fully saturated rings. The van der Waals surface area contributed by atoms with E-state index >= 15 is 0 Å². The average Bonchev–Trinajstić information content (AvgIpc) is 3.20. The van der Waals surface area contributed by atoms with Crippen molar-refractivity contribution in [2.75, 3.05) is 26.3 Å². The van der Waals surface area contributed by atoms with Crippen LogP contribution in [0.4, 0.5) is 0 Å². The molecule has 0 saturated carbocycles. The molecular weight excluding hydrogens is 385 g/mol. The number of rotatable bonds is 3. The molecule has 1 aromatic heterocycles. The van der Waals surface area contributed by atoms with Crippen molar-refractivity contribution in [2.24, 2.45) is 11.8 Å². The maximum atomic E-state index is 5.86. The molecule has 0 aliphatic carbocycles. The Morgan fingerprint density at radius 3 is 1.96 bits per heavy atom. The van der Waals surface area contributed by atoms with Gasteiger partial charge in [-0.3, -0.25) is 0 Å². The fourth-order valence-corrected chi connectivity index (χ4v) is 7.73. The highest BCUT2D eigenvalue weighted by Gasteiger charge is 2.31. The van der Waals surface area contributed by atoms with E-state index in [2.05, 4.69) is 95.5 Å². The zero-order valence-corrected chi connectivity index (χ0v) is 17.7. The fourth-order valence-electron chi connectivity index (χ4n) is 3.60. The average molecular weight is 409 g/mol. The lowest BCUT2D eigenvalue weighted by molar-refractivity contribution is 0.0687. The highest BCUT2D eigenvalue weighted by Crippen LogP contribution is 2.46. The lowest BCUT2D eigenvalue weighted by Gasteiger charge is -2.31. The van der Waals surface area contributed by atoms with Crippen molar-refractivity contribution in [1.29, 1.82) is 0 Å². The summed E-state index contributed by atoms with van der Waals surface area (Å²) in [5.41, 5.74) is 1.19. The minimum Gasteiger partial charge on any atom is -0.378 e. The standard InChI is InChI=1S/C22H24N3OPS/c1-24-14-8-13-21(24)27(19-9-4-2-5-10-19,20-11-6-3-7-12-20)23-22(28)25-15-17-26-18-16-25/h2-14H,15-18H2,1H3. The van der Waals surface area contributed by atoms with Crippen LogP contribution < -0.4 is 16.0 Å². The number of hydrogen-bond acceptors (Lipinski definition) is 2. The Bertz CT molecular complexity index is 951. The molecule has 144 valence electrons. The van der Waals surface area contributed by atoms with Crippen molar-refractivity contribution in [3.63, 3.8) is 0 Å². The van der Waals surface area contributed by atoms with Gasteiger partial charge < -0.3 is 14.2 Å². The topological polar surface area (TPSA) is 29.8 Å². The molecule has 1 saturated heterocycles. The van der Waals surface area contributed by atoms with Crippen LogP contribution in [0, 0.1) is 0 Å². The Balaban J connectivity index is 2.00. The molecule has 3 aromatic rings. The molecule has 0 bridgehead atoms. The van der Waals surface area contributed by atoms with Gasteiger partial charge in [0, 0.05) is 36.9 Å². The van der Waals surface area contributed by atoms with Gasteiger partial charge in [-0.05, 0) is 24.4 Å². The highest BCUT2D eigenvalue weighted by atomic mass is 32.1. The first-order valence-corrected chi connectivity index (χ1v) is 11.6. The van der Waals surface area contributed by atoms with E-state index < -0.39 is 7.05 Å². The predicted octanol–water partition coefficient (Wildman–Crippen LogP) is 3.12. The fraction of sp³-hybridized carbons (Fsp3) is 0.227. The molecule has 0 spiro atoms. The molecule has 28 heavy (non-hydrogen) atoms. The molecule has 0 N–H and O–H groups in total. The van der Waals surface area contributed by atoms with Crippen LogP contribution in [0.3, 0.4) is 0 Å². The van der Waals surface area contributed by atoms with Gasteiger partial charge in [-0.15, -0.1) is 0 Å². The van der Waals surface area contributed by atoms with Crippen LogP contribution >= 0.6 is 19.3 Å². The van der Waals surface area contributed by atoms with E-state index in [0.717, 1.165) is 13.1 Å². The van der Waals surface area contributed by atoms with E-state index in [9.17, 15) is 0 Å². The van der Waals surface area contributed by atoms with E-state index in [1.165, 1.54) is 16.0 Å². The maximum absolute atomic E-state index is 5.86. The van der Waals surface area contributed by atoms with E-state index in [4.69, 9.17) is 21.7 Å². The summed E-state index contributed by atoms with van der Waals surface area (Å²) in [5, 5.41) is 3.09. The highest BCUT2D eigenvalue weighted by molar-refractivity contribution is 7.88. The van der Waals surface area contributed by atoms with Gasteiger partial charge in [0.25, 0.3) is 0 Å². The molecule has 2 aromatic carbocycles. The summed E-state index contributed by atoms with van der Waals surface area (Å²) in [4.78, 5) is 2.17. The van der Waals surface area contributed by atoms with Crippen LogP contribution in [0.2, 0.25) is 0 Å². The third-order valence-electron chi connectivity index (χ3n) is 5.02. The summed E-state index contributed by atoms with van der Waals surface area (Å²) in [6.45, 7) is 2.97. The quantitative estimate of drug-likeness (QED) is 0.492. The lowest BCUT2D eigenvalue weighted by atomic mass is 10.4. The van der Waals surface area contributed by atoms with Gasteiger partial charge >= 0.3 is 0 Å². The first-order chi connectivity index (χ1) is 13.7. The van der Waals surface area contributed by atoms with Gasteiger partial charge in [0.05, 0.1) is 25.7 Å². The van der Waals surface area contributed by atoms with Crippen molar-refractivity contribution in [2.45, 2.75) is 0 Å². The summed E-state index contributed by atoms with van der Waals surface area (Å²) in [5.74, 6) is 0. The number of nitrogens with zero attached hydrogens (tertiary/aromatic N) is 3. The molecule has 6 heteroatoms. The second-order valence-corrected chi connectivity index (χ2v) is 10.1. The number of aryl methyl sites for hydroxylation is 1. The number of aromatic nitrogens is 1. The summed E-state index contributed by atoms with van der Waals surface area (Å²) in [6, 6.07) is 25.4. The monoisotopic (exact) mass is 409 g/mol. The minimum absolute atomic E-state index is 0.672. The van der Waals surface area contributed by atoms with E-state index in [-0.39, 0.29) is 0 Å². The number of ether oxygens (including phenoxy) is 1. The third kappa shape index (κ3) is 3.58. The lowest BCUT2D eigenvalue weighted by Crippen LogP contribution is -2.40. The van der Waals surface area contributed by atoms with Crippen LogP contribution in [0.5, 0.6) is 0 Å². The van der Waals surface area contributed by atoms with E-state index in [1.54, 1.807) is 0 Å². The zero-order chi connectivity index (χ0) is 19.4. The normalized spacial score (nSPS) is 14.7. The van der Waals surface area contributed by atoms with Crippen molar-refractivity contribution >= 4 is 40.4 Å². The molecule has 0 amide bonds. The Morgan fingerprint density at radius 2 is 1.46 bits per heavy atom. The molecule has 2 heterocycles. The molecule has 4 rings (SSSR count). The van der Waals surface area contributed by atoms with Crippen LogP contribution in [-0.2, 0) is 11.8 Å². The second-order valence-electron chi connectivity index (χ2n) is 6.77. The van der Waals surface area contributed by atoms with Crippen LogP contribution in [0.1, 0.15) is 0 Å². The van der Waals surface area contributed by atoms with Crippen LogP contribution in [0.15, 0.2) is 83.7 Å². The zero-order valence-electron chi connectivity index (χ0n) is 15.9. The molecule has 1 aliphatic rings. The number of hydrogen-bond donors (Lipinski definition) is 0. The van der Waals surface area contributed by atoms with Gasteiger partial charge in [0.15, 0.2) is 5.11 Å². The predicted molar refractivity (Wildman–Crippen MR) is 122 cm³/mol. The van der Waals surface area contributed by atoms with Crippen molar-refractivity contribution in [3.05, 3.63) is 79.0 Å². The number of benzene rings is 2. The summed E-state index contributed by atoms with van der Waals surface area (Å²) in [7, 11) is -0.215. The Morgan fingerprint density at radius 1 is 0.893 bits per heavy atom. The van der Waals surface area contributed by atoms with Crippen LogP contribution in [0.25, 0.3) is 0 Å². The number of morpholine rings is 1. The summed E-state index contributed by atoms with van der Waals surface area (Å²) in [6.07, 6.45) is 2.09. The summed E-state index contributed by atoms with van der Waals surface area (Å²) < 4.78 is 13.0. The van der Waals surface area contributed by atoms with Gasteiger partial charge in [0.1, 0.15) is 0 Å². The van der Waals surface area contributed by atoms with Gasteiger partial charge in [-0.1, -0.05) is 60.7 Å². The Kier molecular flexibility index (Phi) is 5.77. The molecular formula is C22H24N3OPS. The van der Waals surface area contributed by atoms with Gasteiger partial charge in [-0.25, -0.2) is 4.74 Å². The molecule has 4 nitrogen and oxygen atoms in total. The molecule has 1 aliphatic heterocycles. The molecule has 0 unspecified atom stereocenters. The maximum Gasteiger partial charge on any atom is 0.195 e. The second kappa shape index (κ2) is 8.44. The smallest absolute Gasteiger partial charge is 0.195 e. The molecule has 0 radical (unpaired) electrons. The minimum atomic E-state index is -2.30. The van der Waals surface area contributed by atoms with E-state index in [1.807, 2.05) is 0 Å². The van der Waals surface area contributed by atoms with Crippen molar-refractivity contribution < 1.29 is 4.74 Å².